The van der Waals surface area contributed by atoms with E-state index in [2.05, 4.69) is 11.1 Å². The second-order valence-corrected chi connectivity index (χ2v) is 6.46. The summed E-state index contributed by atoms with van der Waals surface area (Å²) in [4.78, 5) is 17.9. The molecular weight excluding hydrogens is 324 g/mol. The van der Waals surface area contributed by atoms with Crippen LogP contribution in [0.15, 0.2) is 42.5 Å². The molecule has 4 nitrogen and oxygen atoms in total. The van der Waals surface area contributed by atoms with E-state index in [0.29, 0.717) is 23.8 Å². The van der Waals surface area contributed by atoms with Gasteiger partial charge in [-0.05, 0) is 47.9 Å². The van der Waals surface area contributed by atoms with Crippen LogP contribution in [0, 0.1) is 0 Å². The van der Waals surface area contributed by atoms with Crippen molar-refractivity contribution >= 4 is 28.4 Å². The van der Waals surface area contributed by atoms with Crippen LogP contribution < -0.4 is 4.74 Å². The van der Waals surface area contributed by atoms with E-state index in [1.165, 1.54) is 5.56 Å². The van der Waals surface area contributed by atoms with Gasteiger partial charge in [0.2, 0.25) is 0 Å². The number of nitrogens with zero attached hydrogens (tertiary/aromatic N) is 1. The first kappa shape index (κ1) is 15.1. The lowest BCUT2D eigenvalue weighted by atomic mass is 9.99. The number of nitrogens with one attached hydrogen (secondary N) is 1. The van der Waals surface area contributed by atoms with Crippen LogP contribution in [0.1, 0.15) is 21.6 Å². The van der Waals surface area contributed by atoms with Crippen LogP contribution in [0.25, 0.3) is 10.9 Å². The fourth-order valence-electron chi connectivity index (χ4n) is 3.22. The monoisotopic (exact) mass is 340 g/mol. The summed E-state index contributed by atoms with van der Waals surface area (Å²) in [5.74, 6) is 0.832. The van der Waals surface area contributed by atoms with Crippen molar-refractivity contribution in [1.29, 1.82) is 0 Å². The van der Waals surface area contributed by atoms with E-state index in [4.69, 9.17) is 16.3 Å². The number of carbonyl (C=O) groups is 1. The molecule has 1 amide bonds. The Kier molecular flexibility index (Phi) is 3.69. The zero-order chi connectivity index (χ0) is 16.7. The Labute approximate surface area is 145 Å². The fourth-order valence-corrected chi connectivity index (χ4v) is 3.39. The summed E-state index contributed by atoms with van der Waals surface area (Å²) in [5.41, 5.74) is 3.90. The highest BCUT2D eigenvalue weighted by Gasteiger charge is 2.23. The number of aromatic nitrogens is 1. The standard InChI is InChI=1S/C19H17ClN2O2/c1-24-16-5-3-12-6-7-22(11-14(12)8-16)19(23)18-9-13-2-4-15(20)10-17(13)21-18/h2-5,8-10,21H,6-7,11H2,1H3. The van der Waals surface area contributed by atoms with Crippen LogP contribution in [-0.2, 0) is 13.0 Å². The maximum Gasteiger partial charge on any atom is 0.270 e. The molecule has 1 aliphatic rings. The molecule has 0 radical (unpaired) electrons. The molecule has 122 valence electrons. The third-order valence-electron chi connectivity index (χ3n) is 4.53. The first-order valence-corrected chi connectivity index (χ1v) is 8.25. The summed E-state index contributed by atoms with van der Waals surface area (Å²) < 4.78 is 5.29. The Morgan fingerprint density at radius 3 is 2.88 bits per heavy atom. The Balaban J connectivity index is 1.62. The molecule has 1 aromatic heterocycles. The van der Waals surface area contributed by atoms with Gasteiger partial charge in [0.1, 0.15) is 11.4 Å². The Morgan fingerprint density at radius 1 is 1.17 bits per heavy atom. The molecule has 1 aliphatic heterocycles. The molecule has 0 aliphatic carbocycles. The van der Waals surface area contributed by atoms with Crippen LogP contribution in [0.5, 0.6) is 5.75 Å². The maximum atomic E-state index is 12.8. The molecule has 24 heavy (non-hydrogen) atoms. The molecule has 0 saturated heterocycles. The second kappa shape index (κ2) is 5.87. The minimum absolute atomic E-state index is 0.00999. The van der Waals surface area contributed by atoms with Gasteiger partial charge in [-0.1, -0.05) is 23.7 Å². The molecule has 0 spiro atoms. The van der Waals surface area contributed by atoms with E-state index < -0.39 is 0 Å². The molecule has 3 aromatic rings. The van der Waals surface area contributed by atoms with Gasteiger partial charge < -0.3 is 14.6 Å². The first-order chi connectivity index (χ1) is 11.6. The number of fused-ring (bicyclic) bond motifs is 2. The van der Waals surface area contributed by atoms with E-state index in [9.17, 15) is 4.79 Å². The molecule has 5 heteroatoms. The lowest BCUT2D eigenvalue weighted by Crippen LogP contribution is -2.36. The largest absolute Gasteiger partial charge is 0.497 e. The number of hydrogen-bond acceptors (Lipinski definition) is 2. The van der Waals surface area contributed by atoms with Crippen molar-refractivity contribution < 1.29 is 9.53 Å². The summed E-state index contributed by atoms with van der Waals surface area (Å²) >= 11 is 6.01. The molecule has 0 bridgehead atoms. The topological polar surface area (TPSA) is 45.3 Å². The minimum atomic E-state index is 0.00999. The van der Waals surface area contributed by atoms with Crippen molar-refractivity contribution in [1.82, 2.24) is 9.88 Å². The van der Waals surface area contributed by atoms with Gasteiger partial charge >= 0.3 is 0 Å². The van der Waals surface area contributed by atoms with Gasteiger partial charge in [0, 0.05) is 29.0 Å². The number of halogens is 1. The molecular formula is C19H17ClN2O2. The van der Waals surface area contributed by atoms with Gasteiger partial charge in [-0.2, -0.15) is 0 Å². The van der Waals surface area contributed by atoms with Crippen molar-refractivity contribution in [3.05, 3.63) is 64.3 Å². The predicted octanol–water partition coefficient (Wildman–Crippen LogP) is 4.03. The fraction of sp³-hybridized carbons (Fsp3) is 0.211. The van der Waals surface area contributed by atoms with Crippen LogP contribution >= 0.6 is 11.6 Å². The van der Waals surface area contributed by atoms with Gasteiger partial charge in [0.25, 0.3) is 5.91 Å². The van der Waals surface area contributed by atoms with Crippen molar-refractivity contribution in [3.63, 3.8) is 0 Å². The third-order valence-corrected chi connectivity index (χ3v) is 4.76. The van der Waals surface area contributed by atoms with Crippen LogP contribution in [-0.4, -0.2) is 29.4 Å². The molecule has 2 heterocycles. The Hall–Kier alpha value is -2.46. The molecule has 0 fully saturated rings. The SMILES string of the molecule is COc1ccc2c(c1)CN(C(=O)c1cc3ccc(Cl)cc3[nH]1)CC2. The first-order valence-electron chi connectivity index (χ1n) is 7.87. The minimum Gasteiger partial charge on any atom is -0.497 e. The highest BCUT2D eigenvalue weighted by atomic mass is 35.5. The van der Waals surface area contributed by atoms with Crippen LogP contribution in [0.4, 0.5) is 0 Å². The Morgan fingerprint density at radius 2 is 2.04 bits per heavy atom. The number of hydrogen-bond donors (Lipinski definition) is 1. The number of methoxy groups -OCH3 is 1. The average Bonchev–Trinajstić information content (AvgIpc) is 3.03. The predicted molar refractivity (Wildman–Crippen MR) is 94.7 cm³/mol. The van der Waals surface area contributed by atoms with Gasteiger partial charge in [-0.15, -0.1) is 0 Å². The van der Waals surface area contributed by atoms with Crippen molar-refractivity contribution in [2.24, 2.45) is 0 Å². The van der Waals surface area contributed by atoms with E-state index in [1.807, 2.05) is 41.3 Å². The van der Waals surface area contributed by atoms with Crippen molar-refractivity contribution in [3.8, 4) is 5.75 Å². The van der Waals surface area contributed by atoms with Gasteiger partial charge in [-0.3, -0.25) is 4.79 Å². The molecule has 0 saturated carbocycles. The molecule has 2 aromatic carbocycles. The average molecular weight is 341 g/mol. The lowest BCUT2D eigenvalue weighted by Gasteiger charge is -2.28. The number of aromatic amines is 1. The van der Waals surface area contributed by atoms with Gasteiger partial charge in [0.15, 0.2) is 0 Å². The van der Waals surface area contributed by atoms with Crippen molar-refractivity contribution in [2.75, 3.05) is 13.7 Å². The normalized spacial score (nSPS) is 13.8. The number of amides is 1. The second-order valence-electron chi connectivity index (χ2n) is 6.03. The number of carbonyl (C=O) groups excluding carboxylic acids is 1. The summed E-state index contributed by atoms with van der Waals surface area (Å²) in [6.07, 6.45) is 0.858. The number of H-pyrrole nitrogens is 1. The quantitative estimate of drug-likeness (QED) is 0.765. The number of benzene rings is 2. The summed E-state index contributed by atoms with van der Waals surface area (Å²) in [5, 5.41) is 1.64. The van der Waals surface area contributed by atoms with E-state index in [1.54, 1.807) is 7.11 Å². The lowest BCUT2D eigenvalue weighted by molar-refractivity contribution is 0.0729. The Bertz CT molecular complexity index is 932. The van der Waals surface area contributed by atoms with Crippen molar-refractivity contribution in [2.45, 2.75) is 13.0 Å². The highest BCUT2D eigenvalue weighted by molar-refractivity contribution is 6.31. The van der Waals surface area contributed by atoms with Crippen LogP contribution in [0.3, 0.4) is 0 Å². The third kappa shape index (κ3) is 2.63. The molecule has 1 N–H and O–H groups in total. The van der Waals surface area contributed by atoms with Crippen LogP contribution in [0.2, 0.25) is 5.02 Å². The smallest absolute Gasteiger partial charge is 0.270 e. The van der Waals surface area contributed by atoms with E-state index in [-0.39, 0.29) is 5.91 Å². The van der Waals surface area contributed by atoms with E-state index >= 15 is 0 Å². The summed E-state index contributed by atoms with van der Waals surface area (Å²) in [7, 11) is 1.66. The summed E-state index contributed by atoms with van der Waals surface area (Å²) in [6, 6.07) is 13.5. The van der Waals surface area contributed by atoms with Gasteiger partial charge in [-0.25, -0.2) is 0 Å². The highest BCUT2D eigenvalue weighted by Crippen LogP contribution is 2.26. The molecule has 4 rings (SSSR count). The molecule has 0 atom stereocenters. The number of ether oxygens (including phenoxy) is 1. The van der Waals surface area contributed by atoms with E-state index in [0.717, 1.165) is 28.6 Å². The zero-order valence-corrected chi connectivity index (χ0v) is 14.1. The van der Waals surface area contributed by atoms with Gasteiger partial charge in [0.05, 0.1) is 7.11 Å². The number of rotatable bonds is 2. The molecule has 0 unspecified atom stereocenters. The summed E-state index contributed by atoms with van der Waals surface area (Å²) in [6.45, 7) is 1.32. The maximum absolute atomic E-state index is 12.8. The zero-order valence-electron chi connectivity index (χ0n) is 13.3.